The van der Waals surface area contributed by atoms with E-state index in [0.717, 1.165) is 16.5 Å². The van der Waals surface area contributed by atoms with Gasteiger partial charge in [-0.1, -0.05) is 11.8 Å². The number of nitriles is 1. The van der Waals surface area contributed by atoms with Gasteiger partial charge in [-0.15, -0.1) is 0 Å². The zero-order valence-corrected chi connectivity index (χ0v) is 10.4. The second kappa shape index (κ2) is 6.13. The van der Waals surface area contributed by atoms with Gasteiger partial charge in [0.25, 0.3) is 0 Å². The molecule has 0 saturated carbocycles. The smallest absolute Gasteiger partial charge is 0.189 e. The largest absolute Gasteiger partial charge is 0.367 e. The van der Waals surface area contributed by atoms with E-state index >= 15 is 0 Å². The Kier molecular flexibility index (Phi) is 4.80. The third kappa shape index (κ3) is 3.55. The van der Waals surface area contributed by atoms with Gasteiger partial charge >= 0.3 is 0 Å². The van der Waals surface area contributed by atoms with E-state index in [9.17, 15) is 0 Å². The van der Waals surface area contributed by atoms with Crippen molar-refractivity contribution in [3.63, 3.8) is 0 Å². The first kappa shape index (κ1) is 12.5. The number of anilines is 1. The van der Waals surface area contributed by atoms with Crippen molar-refractivity contribution in [3.8, 4) is 6.07 Å². The highest BCUT2D eigenvalue weighted by molar-refractivity contribution is 7.98. The fourth-order valence-electron chi connectivity index (χ4n) is 1.11. The normalized spacial score (nSPS) is 10.7. The minimum absolute atomic E-state index is 0.291. The van der Waals surface area contributed by atoms with E-state index in [1.54, 1.807) is 12.3 Å². The summed E-state index contributed by atoms with van der Waals surface area (Å²) in [5, 5.41) is 12.5. The van der Waals surface area contributed by atoms with Crippen LogP contribution in [-0.2, 0) is 0 Å². The lowest BCUT2D eigenvalue weighted by Gasteiger charge is -2.11. The second-order valence-electron chi connectivity index (χ2n) is 3.42. The van der Waals surface area contributed by atoms with Crippen LogP contribution in [0, 0.1) is 11.3 Å². The molecule has 4 nitrogen and oxygen atoms in total. The van der Waals surface area contributed by atoms with Gasteiger partial charge in [-0.2, -0.15) is 5.26 Å². The molecule has 0 bridgehead atoms. The second-order valence-corrected chi connectivity index (χ2v) is 4.20. The van der Waals surface area contributed by atoms with Crippen LogP contribution >= 0.6 is 11.8 Å². The summed E-state index contributed by atoms with van der Waals surface area (Å²) in [4.78, 5) is 8.53. The van der Waals surface area contributed by atoms with Gasteiger partial charge in [-0.05, 0) is 26.2 Å². The molecule has 0 saturated heterocycles. The van der Waals surface area contributed by atoms with Crippen LogP contribution in [0.4, 0.5) is 5.82 Å². The van der Waals surface area contributed by atoms with Crippen LogP contribution in [0.25, 0.3) is 6.08 Å². The summed E-state index contributed by atoms with van der Waals surface area (Å²) in [6.45, 7) is 4.08. The highest BCUT2D eigenvalue weighted by atomic mass is 32.2. The van der Waals surface area contributed by atoms with Crippen LogP contribution in [0.3, 0.4) is 0 Å². The third-order valence-corrected chi connectivity index (χ3v) is 2.30. The van der Waals surface area contributed by atoms with Crippen LogP contribution in [-0.4, -0.2) is 22.3 Å². The van der Waals surface area contributed by atoms with Crippen molar-refractivity contribution in [1.29, 1.82) is 5.26 Å². The maximum atomic E-state index is 8.50. The summed E-state index contributed by atoms with van der Waals surface area (Å²) in [5.74, 6) is 0.765. The fraction of sp³-hybridized carbons (Fsp3) is 0.364. The number of hydrogen-bond acceptors (Lipinski definition) is 5. The molecule has 1 rings (SSSR count). The average Bonchev–Trinajstić information content (AvgIpc) is 2.26. The highest BCUT2D eigenvalue weighted by Crippen LogP contribution is 2.18. The van der Waals surface area contributed by atoms with Gasteiger partial charge < -0.3 is 5.32 Å². The number of aromatic nitrogens is 2. The molecule has 0 amide bonds. The van der Waals surface area contributed by atoms with Crippen molar-refractivity contribution in [2.45, 2.75) is 25.0 Å². The van der Waals surface area contributed by atoms with Gasteiger partial charge in [0, 0.05) is 23.9 Å². The monoisotopic (exact) mass is 234 g/mol. The molecular formula is C11H14N4S. The predicted octanol–water partition coefficient (Wildman–Crippen LogP) is 2.56. The quantitative estimate of drug-likeness (QED) is 0.493. The Bertz CT molecular complexity index is 420. The Morgan fingerprint density at radius 1 is 1.56 bits per heavy atom. The van der Waals surface area contributed by atoms with Crippen LogP contribution in [0.5, 0.6) is 0 Å². The number of nitrogens with one attached hydrogen (secondary N) is 1. The summed E-state index contributed by atoms with van der Waals surface area (Å²) in [5.41, 5.74) is 0.827. The average molecular weight is 234 g/mol. The standard InChI is InChI=1S/C11H14N4S/c1-8(2)14-10-9(5-4-6-12)7-13-11(15-10)16-3/h4-5,7-8H,1-3H3,(H,13,14,15). The Morgan fingerprint density at radius 2 is 2.31 bits per heavy atom. The lowest BCUT2D eigenvalue weighted by atomic mass is 10.2. The Hall–Kier alpha value is -1.54. The van der Waals surface area contributed by atoms with Gasteiger partial charge in [-0.3, -0.25) is 0 Å². The van der Waals surface area contributed by atoms with Gasteiger partial charge in [0.2, 0.25) is 0 Å². The molecule has 84 valence electrons. The van der Waals surface area contributed by atoms with Gasteiger partial charge in [0.05, 0.1) is 6.07 Å². The SMILES string of the molecule is CSc1ncc(C=CC#N)c(NC(C)C)n1. The Labute approximate surface area is 99.8 Å². The number of nitrogens with zero attached hydrogens (tertiary/aromatic N) is 3. The molecule has 0 aliphatic heterocycles. The summed E-state index contributed by atoms with van der Waals surface area (Å²) in [6.07, 6.45) is 6.77. The molecule has 0 spiro atoms. The lowest BCUT2D eigenvalue weighted by molar-refractivity contribution is 0.866. The van der Waals surface area contributed by atoms with Crippen molar-refractivity contribution in [2.75, 3.05) is 11.6 Å². The van der Waals surface area contributed by atoms with E-state index < -0.39 is 0 Å². The summed E-state index contributed by atoms with van der Waals surface area (Å²) in [7, 11) is 0. The number of rotatable bonds is 4. The van der Waals surface area contributed by atoms with Gasteiger partial charge in [0.1, 0.15) is 5.82 Å². The molecule has 1 aromatic heterocycles. The van der Waals surface area contributed by atoms with E-state index in [0.29, 0.717) is 6.04 Å². The molecule has 16 heavy (non-hydrogen) atoms. The first-order valence-electron chi connectivity index (χ1n) is 4.91. The minimum atomic E-state index is 0.291. The predicted molar refractivity (Wildman–Crippen MR) is 67.2 cm³/mol. The van der Waals surface area contributed by atoms with E-state index in [1.807, 2.05) is 26.2 Å². The Morgan fingerprint density at radius 3 is 2.88 bits per heavy atom. The van der Waals surface area contributed by atoms with E-state index in [1.165, 1.54) is 17.8 Å². The van der Waals surface area contributed by atoms with Crippen LogP contribution in [0.2, 0.25) is 0 Å². The first-order valence-corrected chi connectivity index (χ1v) is 6.13. The zero-order chi connectivity index (χ0) is 12.0. The molecule has 0 aliphatic rings. The molecule has 1 heterocycles. The van der Waals surface area contributed by atoms with Crippen molar-refractivity contribution >= 4 is 23.7 Å². The molecule has 0 aliphatic carbocycles. The molecule has 1 N–H and O–H groups in total. The van der Waals surface area contributed by atoms with Crippen LogP contribution in [0.1, 0.15) is 19.4 Å². The number of thioether (sulfide) groups is 1. The van der Waals surface area contributed by atoms with Crippen LogP contribution < -0.4 is 5.32 Å². The third-order valence-electron chi connectivity index (χ3n) is 1.74. The molecule has 1 aromatic rings. The van der Waals surface area contributed by atoms with E-state index in [-0.39, 0.29) is 0 Å². The van der Waals surface area contributed by atoms with E-state index in [4.69, 9.17) is 5.26 Å². The summed E-state index contributed by atoms with van der Waals surface area (Å²) in [6, 6.07) is 2.25. The molecule has 0 radical (unpaired) electrons. The maximum Gasteiger partial charge on any atom is 0.189 e. The van der Waals surface area contributed by atoms with E-state index in [2.05, 4.69) is 15.3 Å². The van der Waals surface area contributed by atoms with Crippen LogP contribution in [0.15, 0.2) is 17.4 Å². The molecule has 0 unspecified atom stereocenters. The minimum Gasteiger partial charge on any atom is -0.367 e. The molecule has 0 fully saturated rings. The maximum absolute atomic E-state index is 8.50. The summed E-state index contributed by atoms with van der Waals surface area (Å²) >= 11 is 1.49. The van der Waals surface area contributed by atoms with Gasteiger partial charge in [-0.25, -0.2) is 9.97 Å². The fourth-order valence-corrected chi connectivity index (χ4v) is 1.45. The summed E-state index contributed by atoms with van der Waals surface area (Å²) < 4.78 is 0. The number of hydrogen-bond donors (Lipinski definition) is 1. The van der Waals surface area contributed by atoms with Crippen molar-refractivity contribution in [1.82, 2.24) is 9.97 Å². The van der Waals surface area contributed by atoms with Crippen molar-refractivity contribution in [2.24, 2.45) is 0 Å². The lowest BCUT2D eigenvalue weighted by Crippen LogP contribution is -2.12. The number of allylic oxidation sites excluding steroid dienone is 1. The first-order chi connectivity index (χ1) is 7.67. The van der Waals surface area contributed by atoms with Gasteiger partial charge in [0.15, 0.2) is 5.16 Å². The van der Waals surface area contributed by atoms with Crippen molar-refractivity contribution in [3.05, 3.63) is 17.8 Å². The molecule has 0 aromatic carbocycles. The molecular weight excluding hydrogens is 220 g/mol. The Balaban J connectivity index is 3.06. The molecule has 5 heteroatoms. The topological polar surface area (TPSA) is 61.6 Å². The zero-order valence-electron chi connectivity index (χ0n) is 9.56. The van der Waals surface area contributed by atoms with Crippen molar-refractivity contribution < 1.29 is 0 Å². The molecule has 0 atom stereocenters. The highest BCUT2D eigenvalue weighted by Gasteiger charge is 2.05.